The van der Waals surface area contributed by atoms with Crippen LogP contribution in [0.4, 0.5) is 5.82 Å². The summed E-state index contributed by atoms with van der Waals surface area (Å²) < 4.78 is 4.89. The summed E-state index contributed by atoms with van der Waals surface area (Å²) in [4.78, 5) is 24.8. The first-order valence-corrected chi connectivity index (χ1v) is 6.72. The number of fused-ring (bicyclic) bond motifs is 1. The van der Waals surface area contributed by atoms with Gasteiger partial charge in [0.25, 0.3) is 0 Å². The average Bonchev–Trinajstić information content (AvgIpc) is 2.45. The Labute approximate surface area is 124 Å². The van der Waals surface area contributed by atoms with Crippen LogP contribution in [0.2, 0.25) is 0 Å². The summed E-state index contributed by atoms with van der Waals surface area (Å²) in [7, 11) is 1.39. The molecule has 0 unspecified atom stereocenters. The summed E-state index contributed by atoms with van der Waals surface area (Å²) in [6.45, 7) is 7.55. The maximum absolute atomic E-state index is 12.0. The number of ether oxygens (including phenoxy) is 1. The van der Waals surface area contributed by atoms with Crippen LogP contribution in [0.1, 0.15) is 27.7 Å². The second-order valence-corrected chi connectivity index (χ2v) is 5.96. The summed E-state index contributed by atoms with van der Waals surface area (Å²) in [6.07, 6.45) is 3.23. The van der Waals surface area contributed by atoms with Crippen molar-refractivity contribution in [1.82, 2.24) is 15.0 Å². The minimum absolute atomic E-state index is 0.277. The number of nitrogens with zero attached hydrogens (tertiary/aromatic N) is 3. The van der Waals surface area contributed by atoms with E-state index in [1.54, 1.807) is 12.4 Å². The predicted octanol–water partition coefficient (Wildman–Crippen LogP) is 2.41. The Morgan fingerprint density at radius 3 is 2.48 bits per heavy atom. The first-order chi connectivity index (χ1) is 9.78. The molecule has 6 heteroatoms. The maximum atomic E-state index is 12.0. The molecule has 0 radical (unpaired) electrons. The number of carbonyl (C=O) groups excluding carboxylic acids is 1. The van der Waals surface area contributed by atoms with Crippen molar-refractivity contribution in [3.63, 3.8) is 0 Å². The van der Waals surface area contributed by atoms with Gasteiger partial charge in [0.1, 0.15) is 11.3 Å². The van der Waals surface area contributed by atoms with Gasteiger partial charge in [-0.2, -0.15) is 0 Å². The number of esters is 1. The summed E-state index contributed by atoms with van der Waals surface area (Å²) >= 11 is 0. The molecule has 2 aromatic rings. The predicted molar refractivity (Wildman–Crippen MR) is 80.8 cm³/mol. The molecule has 0 saturated heterocycles. The van der Waals surface area contributed by atoms with Crippen molar-refractivity contribution < 1.29 is 9.53 Å². The fraction of sp³-hybridized carbons (Fsp3) is 0.467. The second kappa shape index (κ2) is 5.27. The fourth-order valence-corrected chi connectivity index (χ4v) is 1.91. The smallest absolute Gasteiger partial charge is 0.313 e. The molecule has 6 nitrogen and oxygen atoms in total. The highest BCUT2D eigenvalue weighted by Gasteiger charge is 2.44. The Morgan fingerprint density at radius 1 is 1.14 bits per heavy atom. The van der Waals surface area contributed by atoms with Crippen LogP contribution in [0.15, 0.2) is 24.5 Å². The number of methoxy groups -OCH3 is 1. The lowest BCUT2D eigenvalue weighted by Crippen LogP contribution is -2.51. The van der Waals surface area contributed by atoms with Crippen molar-refractivity contribution >= 4 is 23.0 Å². The Hall–Kier alpha value is -2.24. The lowest BCUT2D eigenvalue weighted by molar-refractivity contribution is -0.153. The number of nitrogens with one attached hydrogen (secondary N) is 1. The van der Waals surface area contributed by atoms with Gasteiger partial charge in [0.2, 0.25) is 0 Å². The van der Waals surface area contributed by atoms with Gasteiger partial charge < -0.3 is 10.1 Å². The molecular formula is C15H20N4O2. The van der Waals surface area contributed by atoms with Crippen molar-refractivity contribution in [1.29, 1.82) is 0 Å². The Morgan fingerprint density at radius 2 is 1.81 bits per heavy atom. The fourth-order valence-electron chi connectivity index (χ4n) is 1.91. The van der Waals surface area contributed by atoms with Crippen LogP contribution < -0.4 is 5.32 Å². The minimum Gasteiger partial charge on any atom is -0.469 e. The molecule has 112 valence electrons. The van der Waals surface area contributed by atoms with Crippen molar-refractivity contribution in [2.24, 2.45) is 5.41 Å². The summed E-state index contributed by atoms with van der Waals surface area (Å²) in [6, 6.07) is 3.67. The summed E-state index contributed by atoms with van der Waals surface area (Å²) in [5, 5.41) is 3.29. The molecule has 21 heavy (non-hydrogen) atoms. The molecule has 2 aromatic heterocycles. The van der Waals surface area contributed by atoms with E-state index in [2.05, 4.69) is 20.3 Å². The molecule has 0 aromatic carbocycles. The van der Waals surface area contributed by atoms with E-state index in [9.17, 15) is 4.79 Å². The van der Waals surface area contributed by atoms with Crippen molar-refractivity contribution in [2.75, 3.05) is 12.4 Å². The molecule has 0 fully saturated rings. The first kappa shape index (κ1) is 15.2. The van der Waals surface area contributed by atoms with Gasteiger partial charge in [-0.15, -0.1) is 0 Å². The highest BCUT2D eigenvalue weighted by Crippen LogP contribution is 2.34. The van der Waals surface area contributed by atoms with Crippen LogP contribution in [-0.2, 0) is 9.53 Å². The van der Waals surface area contributed by atoms with Crippen LogP contribution in [0.5, 0.6) is 0 Å². The molecule has 0 amide bonds. The van der Waals surface area contributed by atoms with E-state index in [-0.39, 0.29) is 5.97 Å². The van der Waals surface area contributed by atoms with Crippen molar-refractivity contribution in [3.05, 3.63) is 24.5 Å². The van der Waals surface area contributed by atoms with E-state index >= 15 is 0 Å². The molecule has 0 atom stereocenters. The van der Waals surface area contributed by atoms with Gasteiger partial charge in [0.05, 0.1) is 12.5 Å². The lowest BCUT2D eigenvalue weighted by Gasteiger charge is -2.40. The number of hydrogen-bond acceptors (Lipinski definition) is 6. The first-order valence-electron chi connectivity index (χ1n) is 6.72. The summed E-state index contributed by atoms with van der Waals surface area (Å²) in [5.41, 5.74) is 0.0197. The number of pyridine rings is 1. The van der Waals surface area contributed by atoms with E-state index in [0.29, 0.717) is 11.5 Å². The van der Waals surface area contributed by atoms with Gasteiger partial charge in [-0.05, 0) is 39.8 Å². The lowest BCUT2D eigenvalue weighted by atomic mass is 9.74. The Bertz CT molecular complexity index is 668. The van der Waals surface area contributed by atoms with Crippen LogP contribution in [0.3, 0.4) is 0 Å². The van der Waals surface area contributed by atoms with E-state index < -0.39 is 11.0 Å². The third-order valence-electron chi connectivity index (χ3n) is 4.03. The SMILES string of the molecule is COC(=O)C(C)(C)C(C)(C)Nc1ccc2nccnc2n1. The number of carbonyl (C=O) groups is 1. The van der Waals surface area contributed by atoms with E-state index in [1.807, 2.05) is 39.8 Å². The molecule has 1 N–H and O–H groups in total. The third kappa shape index (κ3) is 2.79. The zero-order chi connectivity index (χ0) is 15.7. The summed E-state index contributed by atoms with van der Waals surface area (Å²) in [5.74, 6) is 0.366. The quantitative estimate of drug-likeness (QED) is 0.871. The molecule has 0 bridgehead atoms. The number of rotatable bonds is 4. The monoisotopic (exact) mass is 288 g/mol. The van der Waals surface area contributed by atoms with Crippen LogP contribution in [-0.4, -0.2) is 33.6 Å². The highest BCUT2D eigenvalue weighted by molar-refractivity contribution is 5.78. The van der Waals surface area contributed by atoms with Crippen molar-refractivity contribution in [3.8, 4) is 0 Å². The van der Waals surface area contributed by atoms with Gasteiger partial charge in [-0.25, -0.2) is 9.97 Å². The largest absolute Gasteiger partial charge is 0.469 e. The Balaban J connectivity index is 2.31. The number of hydrogen-bond donors (Lipinski definition) is 1. The molecule has 0 aliphatic rings. The topological polar surface area (TPSA) is 77.0 Å². The van der Waals surface area contributed by atoms with Gasteiger partial charge in [0, 0.05) is 17.9 Å². The van der Waals surface area contributed by atoms with Crippen LogP contribution in [0.25, 0.3) is 11.2 Å². The average molecular weight is 288 g/mol. The van der Waals surface area contributed by atoms with Gasteiger partial charge >= 0.3 is 5.97 Å². The van der Waals surface area contributed by atoms with E-state index in [4.69, 9.17) is 4.74 Å². The Kier molecular flexibility index (Phi) is 3.80. The zero-order valence-electron chi connectivity index (χ0n) is 13.0. The molecule has 0 saturated carbocycles. The molecule has 2 rings (SSSR count). The van der Waals surface area contributed by atoms with E-state index in [1.165, 1.54) is 7.11 Å². The van der Waals surface area contributed by atoms with Gasteiger partial charge in [-0.1, -0.05) is 0 Å². The molecular weight excluding hydrogens is 268 g/mol. The zero-order valence-corrected chi connectivity index (χ0v) is 13.0. The molecule has 0 spiro atoms. The normalized spacial score (nSPS) is 12.2. The second-order valence-electron chi connectivity index (χ2n) is 5.96. The molecule has 0 aliphatic heterocycles. The van der Waals surface area contributed by atoms with Crippen molar-refractivity contribution in [2.45, 2.75) is 33.2 Å². The van der Waals surface area contributed by atoms with Gasteiger partial charge in [0.15, 0.2) is 5.65 Å². The molecule has 0 aliphatic carbocycles. The maximum Gasteiger partial charge on any atom is 0.313 e. The minimum atomic E-state index is -0.721. The van der Waals surface area contributed by atoms with Gasteiger partial charge in [-0.3, -0.25) is 9.78 Å². The number of anilines is 1. The highest BCUT2D eigenvalue weighted by atomic mass is 16.5. The molecule has 2 heterocycles. The number of aromatic nitrogens is 3. The standard InChI is InChI=1S/C15H20N4O2/c1-14(2,13(20)21-5)15(3,4)19-11-7-6-10-12(18-11)17-9-8-16-10/h6-9H,1-5H3,(H,17,18,19). The van der Waals surface area contributed by atoms with Crippen LogP contribution in [0, 0.1) is 5.41 Å². The third-order valence-corrected chi connectivity index (χ3v) is 4.03. The van der Waals surface area contributed by atoms with Crippen LogP contribution >= 0.6 is 0 Å². The van der Waals surface area contributed by atoms with E-state index in [0.717, 1.165) is 5.52 Å².